The molecule has 14 heavy (non-hydrogen) atoms. The van der Waals surface area contributed by atoms with Crippen molar-refractivity contribution in [2.24, 2.45) is 0 Å². The lowest BCUT2D eigenvalue weighted by Crippen LogP contribution is -1.99. The third kappa shape index (κ3) is 2.18. The highest BCUT2D eigenvalue weighted by molar-refractivity contribution is 5.94. The van der Waals surface area contributed by atoms with Gasteiger partial charge in [0.2, 0.25) is 0 Å². The summed E-state index contributed by atoms with van der Waals surface area (Å²) < 4.78 is 13.4. The number of ketones is 1. The number of Topliss-reactive ketones (excluding diaryl/α,β-unsaturated/α-hetero) is 1. The summed E-state index contributed by atoms with van der Waals surface area (Å²) >= 11 is 0. The molecule has 0 bridgehead atoms. The summed E-state index contributed by atoms with van der Waals surface area (Å²) in [4.78, 5) is 11.0. The summed E-state index contributed by atoms with van der Waals surface area (Å²) in [6.07, 6.45) is 0. The number of carbonyl (C=O) groups excluding carboxylic acids is 1. The molecule has 0 atom stereocenters. The van der Waals surface area contributed by atoms with Gasteiger partial charge < -0.3 is 5.11 Å². The Kier molecular flexibility index (Phi) is 3.38. The maximum absolute atomic E-state index is 13.4. The van der Waals surface area contributed by atoms with Gasteiger partial charge in [-0.25, -0.2) is 4.39 Å². The fraction of sp³-hybridized carbons (Fsp3) is 0.182. The van der Waals surface area contributed by atoms with E-state index in [0.29, 0.717) is 0 Å². The minimum Gasteiger partial charge on any atom is -0.384 e. The molecule has 1 N–H and O–H groups in total. The van der Waals surface area contributed by atoms with Crippen LogP contribution in [0.3, 0.4) is 0 Å². The van der Waals surface area contributed by atoms with E-state index in [-0.39, 0.29) is 23.5 Å². The second kappa shape index (κ2) is 4.54. The third-order valence-corrected chi connectivity index (χ3v) is 1.68. The Labute approximate surface area is 81.4 Å². The van der Waals surface area contributed by atoms with Crippen molar-refractivity contribution in [1.29, 1.82) is 0 Å². The van der Waals surface area contributed by atoms with Crippen molar-refractivity contribution in [2.75, 3.05) is 6.61 Å². The number of benzene rings is 1. The first-order valence-corrected chi connectivity index (χ1v) is 4.06. The van der Waals surface area contributed by atoms with E-state index in [0.717, 1.165) is 0 Å². The highest BCUT2D eigenvalue weighted by Crippen LogP contribution is 2.12. The van der Waals surface area contributed by atoms with Crippen LogP contribution in [-0.2, 0) is 0 Å². The molecular weight excluding hydrogens is 183 g/mol. The molecule has 72 valence electrons. The number of aliphatic hydroxyl groups excluding tert-OH is 1. The maximum atomic E-state index is 13.4. The van der Waals surface area contributed by atoms with Gasteiger partial charge in [0, 0.05) is 0 Å². The van der Waals surface area contributed by atoms with E-state index in [1.165, 1.54) is 19.1 Å². The van der Waals surface area contributed by atoms with Gasteiger partial charge >= 0.3 is 0 Å². The zero-order valence-electron chi connectivity index (χ0n) is 7.67. The molecule has 0 spiro atoms. The topological polar surface area (TPSA) is 37.3 Å². The molecule has 0 heterocycles. The largest absolute Gasteiger partial charge is 0.384 e. The average Bonchev–Trinajstić information content (AvgIpc) is 2.16. The third-order valence-electron chi connectivity index (χ3n) is 1.68. The lowest BCUT2D eigenvalue weighted by Gasteiger charge is -1.99. The monoisotopic (exact) mass is 192 g/mol. The number of aliphatic hydroxyl groups is 1. The van der Waals surface area contributed by atoms with Crippen LogP contribution in [0.15, 0.2) is 18.2 Å². The van der Waals surface area contributed by atoms with Crippen LogP contribution in [-0.4, -0.2) is 17.5 Å². The lowest BCUT2D eigenvalue weighted by molar-refractivity contribution is 0.101. The van der Waals surface area contributed by atoms with Crippen LogP contribution >= 0.6 is 0 Å². The highest BCUT2D eigenvalue weighted by atomic mass is 19.1. The number of hydrogen-bond acceptors (Lipinski definition) is 2. The fourth-order valence-electron chi connectivity index (χ4n) is 1.04. The van der Waals surface area contributed by atoms with E-state index in [9.17, 15) is 9.18 Å². The molecule has 0 saturated heterocycles. The van der Waals surface area contributed by atoms with Gasteiger partial charge in [0.25, 0.3) is 0 Å². The molecule has 0 aliphatic rings. The molecular formula is C11H9FO2. The zero-order chi connectivity index (χ0) is 10.6. The Balaban J connectivity index is 3.20. The SMILES string of the molecule is CC(=O)c1cccc(C#CCO)c1F. The minimum absolute atomic E-state index is 0.0229. The molecule has 0 radical (unpaired) electrons. The number of halogens is 1. The van der Waals surface area contributed by atoms with Gasteiger partial charge in [-0.1, -0.05) is 17.9 Å². The van der Waals surface area contributed by atoms with Gasteiger partial charge in [-0.2, -0.15) is 0 Å². The van der Waals surface area contributed by atoms with Crippen LogP contribution in [0.4, 0.5) is 4.39 Å². The van der Waals surface area contributed by atoms with Crippen LogP contribution in [0.25, 0.3) is 0 Å². The van der Waals surface area contributed by atoms with Crippen molar-refractivity contribution in [2.45, 2.75) is 6.92 Å². The maximum Gasteiger partial charge on any atom is 0.162 e. The molecule has 0 saturated carbocycles. The Morgan fingerprint density at radius 2 is 2.29 bits per heavy atom. The smallest absolute Gasteiger partial charge is 0.162 e. The summed E-state index contributed by atoms with van der Waals surface area (Å²) in [5, 5.41) is 8.43. The van der Waals surface area contributed by atoms with E-state index in [1.54, 1.807) is 6.07 Å². The molecule has 1 aromatic rings. The Morgan fingerprint density at radius 1 is 1.57 bits per heavy atom. The fourth-order valence-corrected chi connectivity index (χ4v) is 1.04. The first-order chi connectivity index (χ1) is 6.66. The number of rotatable bonds is 1. The molecule has 0 aliphatic carbocycles. The predicted octanol–water partition coefficient (Wildman–Crippen LogP) is 1.37. The van der Waals surface area contributed by atoms with E-state index in [4.69, 9.17) is 5.11 Å². The van der Waals surface area contributed by atoms with Crippen LogP contribution in [0.1, 0.15) is 22.8 Å². The van der Waals surface area contributed by atoms with Gasteiger partial charge in [-0.05, 0) is 19.1 Å². The van der Waals surface area contributed by atoms with Gasteiger partial charge in [-0.3, -0.25) is 4.79 Å². The summed E-state index contributed by atoms with van der Waals surface area (Å²) in [7, 11) is 0. The Hall–Kier alpha value is -1.66. The standard InChI is InChI=1S/C11H9FO2/c1-8(14)10-6-2-4-9(11(10)12)5-3-7-13/h2,4,6,13H,7H2,1H3. The van der Waals surface area contributed by atoms with Crippen molar-refractivity contribution < 1.29 is 14.3 Å². The molecule has 0 aromatic heterocycles. The van der Waals surface area contributed by atoms with E-state index in [1.807, 2.05) is 0 Å². The van der Waals surface area contributed by atoms with E-state index >= 15 is 0 Å². The molecule has 3 heteroatoms. The Bertz CT molecular complexity index is 413. The quantitative estimate of drug-likeness (QED) is 0.539. The van der Waals surface area contributed by atoms with Gasteiger partial charge in [0.1, 0.15) is 12.4 Å². The zero-order valence-corrected chi connectivity index (χ0v) is 7.67. The van der Waals surface area contributed by atoms with E-state index < -0.39 is 5.82 Å². The van der Waals surface area contributed by atoms with Crippen LogP contribution in [0, 0.1) is 17.7 Å². The predicted molar refractivity (Wildman–Crippen MR) is 50.4 cm³/mol. The first-order valence-electron chi connectivity index (χ1n) is 4.06. The van der Waals surface area contributed by atoms with Crippen LogP contribution < -0.4 is 0 Å². The van der Waals surface area contributed by atoms with Gasteiger partial charge in [0.15, 0.2) is 5.78 Å². The van der Waals surface area contributed by atoms with Gasteiger partial charge in [0.05, 0.1) is 11.1 Å². The second-order valence-electron chi connectivity index (χ2n) is 2.68. The van der Waals surface area contributed by atoms with E-state index in [2.05, 4.69) is 11.8 Å². The minimum atomic E-state index is -0.624. The van der Waals surface area contributed by atoms with Crippen molar-refractivity contribution in [3.05, 3.63) is 35.1 Å². The second-order valence-corrected chi connectivity index (χ2v) is 2.68. The van der Waals surface area contributed by atoms with Crippen LogP contribution in [0.5, 0.6) is 0 Å². The summed E-state index contributed by atoms with van der Waals surface area (Å²) in [6.45, 7) is 0.964. The molecule has 1 rings (SSSR count). The summed E-state index contributed by atoms with van der Waals surface area (Å²) in [5.41, 5.74) is 0.154. The molecule has 1 aromatic carbocycles. The molecule has 0 unspecified atom stereocenters. The number of carbonyl (C=O) groups is 1. The average molecular weight is 192 g/mol. The van der Waals surface area contributed by atoms with Crippen molar-refractivity contribution in [3.8, 4) is 11.8 Å². The summed E-state index contributed by atoms with van der Waals surface area (Å²) in [6, 6.07) is 4.42. The first kappa shape index (κ1) is 10.4. The van der Waals surface area contributed by atoms with Gasteiger partial charge in [-0.15, -0.1) is 0 Å². The number of hydrogen-bond donors (Lipinski definition) is 1. The molecule has 0 aliphatic heterocycles. The van der Waals surface area contributed by atoms with Crippen LogP contribution in [0.2, 0.25) is 0 Å². The van der Waals surface area contributed by atoms with Crippen molar-refractivity contribution >= 4 is 5.78 Å². The normalized spacial score (nSPS) is 9.07. The van der Waals surface area contributed by atoms with Crippen molar-refractivity contribution in [1.82, 2.24) is 0 Å². The highest BCUT2D eigenvalue weighted by Gasteiger charge is 2.09. The molecule has 0 fully saturated rings. The molecule has 2 nitrogen and oxygen atoms in total. The molecule has 0 amide bonds. The lowest BCUT2D eigenvalue weighted by atomic mass is 10.1. The summed E-state index contributed by atoms with van der Waals surface area (Å²) in [5.74, 6) is 3.79. The van der Waals surface area contributed by atoms with Crippen molar-refractivity contribution in [3.63, 3.8) is 0 Å². The Morgan fingerprint density at radius 3 is 2.86 bits per heavy atom.